The minimum absolute atomic E-state index is 0.00184. The van der Waals surface area contributed by atoms with Gasteiger partial charge in [-0.1, -0.05) is 57.5 Å². The van der Waals surface area contributed by atoms with Crippen LogP contribution in [-0.2, 0) is 6.54 Å². The molecule has 0 spiro atoms. The van der Waals surface area contributed by atoms with E-state index in [0.717, 1.165) is 18.4 Å². The summed E-state index contributed by atoms with van der Waals surface area (Å²) in [6.45, 7) is 8.16. The molecule has 0 radical (unpaired) electrons. The molecule has 0 saturated carbocycles. The molecule has 24 heavy (non-hydrogen) atoms. The van der Waals surface area contributed by atoms with Crippen LogP contribution in [0.3, 0.4) is 0 Å². The summed E-state index contributed by atoms with van der Waals surface area (Å²) < 4.78 is 15.5. The molecule has 0 amide bonds. The van der Waals surface area contributed by atoms with Crippen LogP contribution in [0.1, 0.15) is 68.1 Å². The minimum atomic E-state index is -0.302. The Bertz CT molecular complexity index is 726. The molecule has 3 nitrogen and oxygen atoms in total. The van der Waals surface area contributed by atoms with E-state index in [0.29, 0.717) is 16.4 Å². The lowest BCUT2D eigenvalue weighted by molar-refractivity contribution is 0.0920. The number of hydrogen-bond acceptors (Lipinski definition) is 2. The van der Waals surface area contributed by atoms with E-state index in [4.69, 9.17) is 11.6 Å². The van der Waals surface area contributed by atoms with Crippen LogP contribution in [0.2, 0.25) is 5.15 Å². The topological polar surface area (TPSA) is 34.9 Å². The van der Waals surface area contributed by atoms with Crippen molar-refractivity contribution in [2.75, 3.05) is 0 Å². The molecule has 130 valence electrons. The second kappa shape index (κ2) is 7.93. The highest BCUT2D eigenvalue weighted by Crippen LogP contribution is 2.32. The minimum Gasteiger partial charge on any atom is -0.292 e. The largest absolute Gasteiger partial charge is 0.292 e. The maximum absolute atomic E-state index is 13.9. The van der Waals surface area contributed by atoms with Crippen molar-refractivity contribution in [3.63, 3.8) is 0 Å². The molecular weight excluding hydrogens is 327 g/mol. The molecule has 2 aromatic rings. The van der Waals surface area contributed by atoms with E-state index in [-0.39, 0.29) is 30.0 Å². The number of Topliss-reactive ketones (excluding diaryl/α,β-unsaturated/α-hetero) is 1. The van der Waals surface area contributed by atoms with Crippen LogP contribution in [0.5, 0.6) is 0 Å². The zero-order valence-electron chi connectivity index (χ0n) is 14.6. The fourth-order valence-electron chi connectivity index (χ4n) is 2.59. The second-order valence-electron chi connectivity index (χ2n) is 6.28. The van der Waals surface area contributed by atoms with Gasteiger partial charge in [0.1, 0.15) is 16.7 Å². The summed E-state index contributed by atoms with van der Waals surface area (Å²) in [5.74, 6) is -0.290. The molecule has 0 aliphatic carbocycles. The smallest absolute Gasteiger partial charge is 0.186 e. The molecule has 0 aliphatic rings. The van der Waals surface area contributed by atoms with Crippen molar-refractivity contribution in [3.05, 3.63) is 52.1 Å². The first kappa shape index (κ1) is 18.7. The normalized spacial score (nSPS) is 13.8. The Morgan fingerprint density at radius 2 is 1.92 bits per heavy atom. The van der Waals surface area contributed by atoms with E-state index in [9.17, 15) is 9.18 Å². The lowest BCUT2D eigenvalue weighted by Gasteiger charge is -2.11. The van der Waals surface area contributed by atoms with Crippen LogP contribution in [0.4, 0.5) is 4.39 Å². The molecule has 2 atom stereocenters. The predicted molar refractivity (Wildman–Crippen MR) is 95.2 cm³/mol. The highest BCUT2D eigenvalue weighted by atomic mass is 35.5. The number of hydrogen-bond donors (Lipinski definition) is 0. The number of halogens is 2. The van der Waals surface area contributed by atoms with Gasteiger partial charge in [-0.2, -0.15) is 5.10 Å². The monoisotopic (exact) mass is 350 g/mol. The Hall–Kier alpha value is -1.68. The fourth-order valence-corrected chi connectivity index (χ4v) is 2.96. The number of nitrogens with zero attached hydrogens (tertiary/aromatic N) is 2. The lowest BCUT2D eigenvalue weighted by Crippen LogP contribution is -2.14. The highest BCUT2D eigenvalue weighted by Gasteiger charge is 2.27. The maximum atomic E-state index is 13.9. The molecule has 2 unspecified atom stereocenters. The molecule has 5 heteroatoms. The van der Waals surface area contributed by atoms with Crippen LogP contribution in [-0.4, -0.2) is 15.6 Å². The van der Waals surface area contributed by atoms with Gasteiger partial charge < -0.3 is 0 Å². The SMILES string of the molecule is CCC(C)C(=O)c1nn(Cc2ccccc2F)c(Cl)c1C(C)CC. The van der Waals surface area contributed by atoms with Crippen LogP contribution in [0, 0.1) is 11.7 Å². The van der Waals surface area contributed by atoms with Crippen molar-refractivity contribution >= 4 is 17.4 Å². The molecule has 1 aromatic heterocycles. The van der Waals surface area contributed by atoms with Crippen molar-refractivity contribution in [3.8, 4) is 0 Å². The van der Waals surface area contributed by atoms with E-state index in [1.54, 1.807) is 18.2 Å². The molecule has 1 heterocycles. The summed E-state index contributed by atoms with van der Waals surface area (Å²) in [5.41, 5.74) is 1.71. The Morgan fingerprint density at radius 1 is 1.25 bits per heavy atom. The number of aromatic nitrogens is 2. The van der Waals surface area contributed by atoms with E-state index in [1.165, 1.54) is 10.7 Å². The third-order valence-corrected chi connectivity index (χ3v) is 5.00. The van der Waals surface area contributed by atoms with E-state index >= 15 is 0 Å². The van der Waals surface area contributed by atoms with Gasteiger partial charge >= 0.3 is 0 Å². The number of benzene rings is 1. The third kappa shape index (κ3) is 3.69. The lowest BCUT2D eigenvalue weighted by atomic mass is 9.93. The molecule has 2 rings (SSSR count). The fraction of sp³-hybridized carbons (Fsp3) is 0.474. The van der Waals surface area contributed by atoms with E-state index in [1.807, 2.05) is 27.7 Å². The summed E-state index contributed by atoms with van der Waals surface area (Å²) >= 11 is 6.52. The van der Waals surface area contributed by atoms with Crippen molar-refractivity contribution in [1.29, 1.82) is 0 Å². The Labute approximate surface area is 147 Å². The molecule has 0 fully saturated rings. The predicted octanol–water partition coefficient (Wildman–Crippen LogP) is 5.47. The number of carbonyl (C=O) groups excluding carboxylic acids is 1. The van der Waals surface area contributed by atoms with Gasteiger partial charge in [-0.25, -0.2) is 9.07 Å². The maximum Gasteiger partial charge on any atom is 0.186 e. The highest BCUT2D eigenvalue weighted by molar-refractivity contribution is 6.31. The van der Waals surface area contributed by atoms with Gasteiger partial charge in [0, 0.05) is 17.0 Å². The first-order chi connectivity index (χ1) is 11.4. The standard InChI is InChI=1S/C19H24ClFN2O/c1-5-12(3)16-17(18(24)13(4)6-2)22-23(19(16)20)11-14-9-7-8-10-15(14)21/h7-10,12-13H,5-6,11H2,1-4H3. The molecule has 0 aliphatic heterocycles. The molecule has 1 aromatic carbocycles. The summed E-state index contributed by atoms with van der Waals surface area (Å²) in [7, 11) is 0. The van der Waals surface area contributed by atoms with Gasteiger partial charge in [0.2, 0.25) is 0 Å². The summed E-state index contributed by atoms with van der Waals surface area (Å²) in [4.78, 5) is 12.7. The Kier molecular flexibility index (Phi) is 6.16. The van der Waals surface area contributed by atoms with Gasteiger partial charge in [0.25, 0.3) is 0 Å². The van der Waals surface area contributed by atoms with Gasteiger partial charge in [-0.05, 0) is 24.8 Å². The first-order valence-electron chi connectivity index (χ1n) is 8.44. The molecule has 0 saturated heterocycles. The third-order valence-electron chi connectivity index (χ3n) is 4.60. The number of ketones is 1. The van der Waals surface area contributed by atoms with Crippen LogP contribution >= 0.6 is 11.6 Å². The van der Waals surface area contributed by atoms with Gasteiger partial charge in [0.15, 0.2) is 5.78 Å². The molecule has 0 bridgehead atoms. The average molecular weight is 351 g/mol. The van der Waals surface area contributed by atoms with Crippen molar-refractivity contribution < 1.29 is 9.18 Å². The zero-order valence-corrected chi connectivity index (χ0v) is 15.4. The molecule has 0 N–H and O–H groups in total. The first-order valence-corrected chi connectivity index (χ1v) is 8.82. The van der Waals surface area contributed by atoms with Gasteiger partial charge in [0.05, 0.1) is 6.54 Å². The number of rotatable bonds is 7. The van der Waals surface area contributed by atoms with Crippen LogP contribution in [0.15, 0.2) is 24.3 Å². The van der Waals surface area contributed by atoms with Crippen molar-refractivity contribution in [2.24, 2.45) is 5.92 Å². The van der Waals surface area contributed by atoms with E-state index in [2.05, 4.69) is 5.10 Å². The summed E-state index contributed by atoms with van der Waals surface area (Å²) in [6, 6.07) is 6.53. The van der Waals surface area contributed by atoms with Gasteiger partial charge in [-0.15, -0.1) is 0 Å². The van der Waals surface area contributed by atoms with Crippen molar-refractivity contribution in [2.45, 2.75) is 53.0 Å². The zero-order chi connectivity index (χ0) is 17.9. The Morgan fingerprint density at radius 3 is 2.50 bits per heavy atom. The van der Waals surface area contributed by atoms with Gasteiger partial charge in [-0.3, -0.25) is 4.79 Å². The molecular formula is C19H24ClFN2O. The number of carbonyl (C=O) groups is 1. The Balaban J connectivity index is 2.48. The van der Waals surface area contributed by atoms with E-state index < -0.39 is 0 Å². The summed E-state index contributed by atoms with van der Waals surface area (Å²) in [6.07, 6.45) is 1.60. The van der Waals surface area contributed by atoms with Crippen molar-refractivity contribution in [1.82, 2.24) is 9.78 Å². The van der Waals surface area contributed by atoms with Crippen LogP contribution in [0.25, 0.3) is 0 Å². The average Bonchev–Trinajstić information content (AvgIpc) is 2.91. The van der Waals surface area contributed by atoms with Crippen LogP contribution < -0.4 is 0 Å². The second-order valence-corrected chi connectivity index (χ2v) is 6.64. The quantitative estimate of drug-likeness (QED) is 0.621. The summed E-state index contributed by atoms with van der Waals surface area (Å²) in [5, 5.41) is 4.88.